The molecule has 1 aromatic heterocycles. The molecule has 0 spiro atoms. The van der Waals surface area contributed by atoms with Crippen LogP contribution in [0.4, 0.5) is 5.95 Å². The fourth-order valence-electron chi connectivity index (χ4n) is 3.68. The number of nitrogens with one attached hydrogen (secondary N) is 1. The highest BCUT2D eigenvalue weighted by atomic mass is 32.1. The van der Waals surface area contributed by atoms with Crippen molar-refractivity contribution in [2.45, 2.75) is 51.5 Å². The summed E-state index contributed by atoms with van der Waals surface area (Å²) in [5.41, 5.74) is 0. The molecule has 0 bridgehead atoms. The van der Waals surface area contributed by atoms with Crippen molar-refractivity contribution >= 4 is 18.2 Å². The largest absolute Gasteiger partial charge is 0.338 e. The minimum atomic E-state index is 0.550. The van der Waals surface area contributed by atoms with Gasteiger partial charge in [-0.15, -0.1) is 5.10 Å². The Bertz CT molecular complexity index is 494. The standard InChI is InChI=1S/C15H27N5S/c1-2-8-18-9-11-19(12-10-18)14-16-17-15(21)20(14)13-6-4-3-5-7-13/h13H,2-12H2,1H3,(H,17,21). The van der Waals surface area contributed by atoms with Gasteiger partial charge in [-0.3, -0.25) is 9.47 Å². The third-order valence-electron chi connectivity index (χ3n) is 4.82. The zero-order chi connectivity index (χ0) is 14.7. The highest BCUT2D eigenvalue weighted by molar-refractivity contribution is 7.71. The minimum Gasteiger partial charge on any atom is -0.338 e. The summed E-state index contributed by atoms with van der Waals surface area (Å²) < 4.78 is 3.09. The van der Waals surface area contributed by atoms with E-state index in [0.717, 1.165) is 36.9 Å². The van der Waals surface area contributed by atoms with Gasteiger partial charge in [0.1, 0.15) is 0 Å². The zero-order valence-electron chi connectivity index (χ0n) is 13.1. The number of piperazine rings is 1. The first-order chi connectivity index (χ1) is 10.3. The third-order valence-corrected chi connectivity index (χ3v) is 5.11. The van der Waals surface area contributed by atoms with Crippen molar-refractivity contribution in [2.75, 3.05) is 37.6 Å². The second-order valence-electron chi connectivity index (χ2n) is 6.32. The normalized spacial score (nSPS) is 21.9. The summed E-state index contributed by atoms with van der Waals surface area (Å²) in [6.45, 7) is 7.86. The van der Waals surface area contributed by atoms with E-state index in [-0.39, 0.29) is 0 Å². The SMILES string of the molecule is CCCN1CCN(c2n[nH]c(=S)n2C2CCCCC2)CC1. The quantitative estimate of drug-likeness (QED) is 0.868. The van der Waals surface area contributed by atoms with Gasteiger partial charge in [0, 0.05) is 32.2 Å². The Balaban J connectivity index is 1.73. The van der Waals surface area contributed by atoms with Gasteiger partial charge in [-0.05, 0) is 38.0 Å². The Labute approximate surface area is 132 Å². The Morgan fingerprint density at radius 2 is 1.86 bits per heavy atom. The van der Waals surface area contributed by atoms with Crippen molar-refractivity contribution in [3.63, 3.8) is 0 Å². The van der Waals surface area contributed by atoms with Crippen molar-refractivity contribution in [3.8, 4) is 0 Å². The van der Waals surface area contributed by atoms with Gasteiger partial charge >= 0.3 is 0 Å². The van der Waals surface area contributed by atoms with Crippen LogP contribution < -0.4 is 4.90 Å². The van der Waals surface area contributed by atoms with E-state index in [4.69, 9.17) is 12.2 Å². The predicted molar refractivity (Wildman–Crippen MR) is 88.5 cm³/mol. The molecule has 2 heterocycles. The number of aromatic amines is 1. The van der Waals surface area contributed by atoms with E-state index < -0.39 is 0 Å². The summed E-state index contributed by atoms with van der Waals surface area (Å²) in [6.07, 6.45) is 7.74. The molecule has 0 amide bonds. The van der Waals surface area contributed by atoms with Gasteiger partial charge in [0.15, 0.2) is 4.77 Å². The Morgan fingerprint density at radius 3 is 2.52 bits per heavy atom. The van der Waals surface area contributed by atoms with E-state index >= 15 is 0 Å². The first-order valence-corrected chi connectivity index (χ1v) is 8.84. The highest BCUT2D eigenvalue weighted by Gasteiger charge is 2.25. The average Bonchev–Trinajstić information content (AvgIpc) is 2.91. The number of aromatic nitrogens is 3. The lowest BCUT2D eigenvalue weighted by atomic mass is 9.95. The summed E-state index contributed by atoms with van der Waals surface area (Å²) in [5, 5.41) is 7.57. The predicted octanol–water partition coefficient (Wildman–Crippen LogP) is 2.98. The first-order valence-electron chi connectivity index (χ1n) is 8.44. The Morgan fingerprint density at radius 1 is 1.14 bits per heavy atom. The molecular weight excluding hydrogens is 282 g/mol. The molecule has 1 aliphatic carbocycles. The van der Waals surface area contributed by atoms with Crippen LogP contribution in [0, 0.1) is 4.77 Å². The smallest absolute Gasteiger partial charge is 0.226 e. The van der Waals surface area contributed by atoms with Crippen LogP contribution in [0.25, 0.3) is 0 Å². The van der Waals surface area contributed by atoms with E-state index in [1.54, 1.807) is 0 Å². The van der Waals surface area contributed by atoms with E-state index in [1.807, 2.05) is 0 Å². The van der Waals surface area contributed by atoms with Crippen LogP contribution in [0.3, 0.4) is 0 Å². The fraction of sp³-hybridized carbons (Fsp3) is 0.867. The number of hydrogen-bond acceptors (Lipinski definition) is 4. The molecule has 0 atom stereocenters. The third kappa shape index (κ3) is 3.31. The summed E-state index contributed by atoms with van der Waals surface area (Å²) in [6, 6.07) is 0.550. The molecule has 1 aliphatic heterocycles. The van der Waals surface area contributed by atoms with Crippen molar-refractivity contribution < 1.29 is 0 Å². The minimum absolute atomic E-state index is 0.550. The molecule has 21 heavy (non-hydrogen) atoms. The molecule has 5 nitrogen and oxygen atoms in total. The second-order valence-corrected chi connectivity index (χ2v) is 6.71. The molecule has 0 aromatic carbocycles. The van der Waals surface area contributed by atoms with Gasteiger partial charge in [-0.2, -0.15) is 0 Å². The molecule has 1 saturated heterocycles. The molecule has 1 N–H and O–H groups in total. The number of H-pyrrole nitrogens is 1. The van der Waals surface area contributed by atoms with Crippen LogP contribution in [0.5, 0.6) is 0 Å². The maximum Gasteiger partial charge on any atom is 0.226 e. The van der Waals surface area contributed by atoms with Crippen molar-refractivity contribution in [2.24, 2.45) is 0 Å². The lowest BCUT2D eigenvalue weighted by molar-refractivity contribution is 0.255. The van der Waals surface area contributed by atoms with Gasteiger partial charge < -0.3 is 4.90 Å². The molecule has 118 valence electrons. The molecule has 0 unspecified atom stereocenters. The van der Waals surface area contributed by atoms with Crippen molar-refractivity contribution in [1.29, 1.82) is 0 Å². The first kappa shape index (κ1) is 15.0. The van der Waals surface area contributed by atoms with Crippen molar-refractivity contribution in [3.05, 3.63) is 4.77 Å². The van der Waals surface area contributed by atoms with Crippen LogP contribution in [-0.4, -0.2) is 52.4 Å². The highest BCUT2D eigenvalue weighted by Crippen LogP contribution is 2.31. The zero-order valence-corrected chi connectivity index (χ0v) is 13.9. The van der Waals surface area contributed by atoms with Gasteiger partial charge in [-0.1, -0.05) is 26.2 Å². The second kappa shape index (κ2) is 6.92. The topological polar surface area (TPSA) is 40.1 Å². The van der Waals surface area contributed by atoms with Crippen LogP contribution in [0.2, 0.25) is 0 Å². The van der Waals surface area contributed by atoms with Crippen LogP contribution in [0.15, 0.2) is 0 Å². The van der Waals surface area contributed by atoms with Crippen molar-refractivity contribution in [1.82, 2.24) is 19.7 Å². The van der Waals surface area contributed by atoms with Gasteiger partial charge in [-0.25, -0.2) is 5.10 Å². The maximum atomic E-state index is 5.50. The number of rotatable bonds is 4. The van der Waals surface area contributed by atoms with Crippen LogP contribution >= 0.6 is 12.2 Å². The molecule has 1 aromatic rings. The fourth-order valence-corrected chi connectivity index (χ4v) is 3.95. The van der Waals surface area contributed by atoms with Gasteiger partial charge in [0.2, 0.25) is 5.95 Å². The van der Waals surface area contributed by atoms with E-state index in [0.29, 0.717) is 6.04 Å². The van der Waals surface area contributed by atoms with Gasteiger partial charge in [0.25, 0.3) is 0 Å². The lowest BCUT2D eigenvalue weighted by Crippen LogP contribution is -2.47. The van der Waals surface area contributed by atoms with Crippen LogP contribution in [0.1, 0.15) is 51.5 Å². The summed E-state index contributed by atoms with van der Waals surface area (Å²) in [4.78, 5) is 4.95. The molecule has 2 aliphatic rings. The number of anilines is 1. The average molecular weight is 309 g/mol. The van der Waals surface area contributed by atoms with E-state index in [2.05, 4.69) is 31.5 Å². The summed E-state index contributed by atoms with van der Waals surface area (Å²) in [7, 11) is 0. The molecule has 2 fully saturated rings. The Hall–Kier alpha value is -0.880. The van der Waals surface area contributed by atoms with E-state index in [9.17, 15) is 0 Å². The van der Waals surface area contributed by atoms with E-state index in [1.165, 1.54) is 45.1 Å². The lowest BCUT2D eigenvalue weighted by Gasteiger charge is -2.36. The molecule has 3 rings (SSSR count). The summed E-state index contributed by atoms with van der Waals surface area (Å²) in [5.74, 6) is 1.07. The molecule has 6 heteroatoms. The van der Waals surface area contributed by atoms with Gasteiger partial charge in [0.05, 0.1) is 0 Å². The van der Waals surface area contributed by atoms with Crippen LogP contribution in [-0.2, 0) is 0 Å². The monoisotopic (exact) mass is 309 g/mol. The molecular formula is C15H27N5S. The number of hydrogen-bond donors (Lipinski definition) is 1. The maximum absolute atomic E-state index is 5.50. The number of nitrogens with zero attached hydrogens (tertiary/aromatic N) is 4. The molecule has 0 radical (unpaired) electrons. The molecule has 1 saturated carbocycles. The summed E-state index contributed by atoms with van der Waals surface area (Å²) >= 11 is 5.50. The Kier molecular flexibility index (Phi) is 4.95.